The summed E-state index contributed by atoms with van der Waals surface area (Å²) in [6, 6.07) is 11.8. The number of benzene rings is 2. The number of hydrogen-bond donors (Lipinski definition) is 2. The van der Waals surface area contributed by atoms with Crippen LogP contribution in [0, 0.1) is 0 Å². The first kappa shape index (κ1) is 22.0. The molecule has 0 aliphatic carbocycles. The molecule has 2 aromatic rings. The Balaban J connectivity index is 1.30. The molecule has 32 heavy (non-hydrogen) atoms. The highest BCUT2D eigenvalue weighted by Crippen LogP contribution is 2.35. The van der Waals surface area contributed by atoms with E-state index in [0.717, 1.165) is 29.1 Å². The van der Waals surface area contributed by atoms with Crippen LogP contribution in [0.4, 0.5) is 23.7 Å². The number of methoxy groups -OCH3 is 1. The molecule has 0 radical (unpaired) electrons. The smallest absolute Gasteiger partial charge is 0.430 e. The van der Waals surface area contributed by atoms with E-state index >= 15 is 0 Å². The van der Waals surface area contributed by atoms with Crippen LogP contribution in [0.5, 0.6) is 5.75 Å². The van der Waals surface area contributed by atoms with E-state index in [2.05, 4.69) is 10.8 Å². The minimum absolute atomic E-state index is 0.214. The summed E-state index contributed by atoms with van der Waals surface area (Å²) in [4.78, 5) is 23.2. The minimum Gasteiger partial charge on any atom is -0.497 e. The SMILES string of the molecule is COc1cccc(C2=CC3(CCN(OC(=O)Nc4ccc(C(F)(F)F)cc4)CC3)ON2)c1. The van der Waals surface area contributed by atoms with Gasteiger partial charge in [0.1, 0.15) is 11.4 Å². The molecule has 2 aromatic carbocycles. The van der Waals surface area contributed by atoms with E-state index in [1.807, 2.05) is 30.3 Å². The molecule has 0 aromatic heterocycles. The van der Waals surface area contributed by atoms with E-state index in [1.54, 1.807) is 7.11 Å². The van der Waals surface area contributed by atoms with Gasteiger partial charge in [0.25, 0.3) is 0 Å². The minimum atomic E-state index is -4.43. The second kappa shape index (κ2) is 8.71. The maximum absolute atomic E-state index is 12.6. The monoisotopic (exact) mass is 449 g/mol. The Hall–Kier alpha value is -3.24. The number of rotatable bonds is 4. The van der Waals surface area contributed by atoms with Crippen LogP contribution >= 0.6 is 0 Å². The van der Waals surface area contributed by atoms with Crippen molar-refractivity contribution in [3.63, 3.8) is 0 Å². The maximum atomic E-state index is 12.6. The number of alkyl halides is 3. The average Bonchev–Trinajstić information content (AvgIpc) is 3.19. The van der Waals surface area contributed by atoms with Crippen molar-refractivity contribution in [1.82, 2.24) is 10.5 Å². The molecule has 0 unspecified atom stereocenters. The van der Waals surface area contributed by atoms with Crippen molar-refractivity contribution < 1.29 is 32.4 Å². The fourth-order valence-electron chi connectivity index (χ4n) is 3.61. The highest BCUT2D eigenvalue weighted by atomic mass is 19.4. The molecule has 2 heterocycles. The number of piperidine rings is 1. The third-order valence-corrected chi connectivity index (χ3v) is 5.39. The van der Waals surface area contributed by atoms with Gasteiger partial charge in [-0.3, -0.25) is 15.6 Å². The lowest BCUT2D eigenvalue weighted by Gasteiger charge is -2.35. The highest BCUT2D eigenvalue weighted by Gasteiger charge is 2.40. The van der Waals surface area contributed by atoms with Crippen molar-refractivity contribution in [2.45, 2.75) is 24.6 Å². The van der Waals surface area contributed by atoms with E-state index in [4.69, 9.17) is 14.4 Å². The van der Waals surface area contributed by atoms with Gasteiger partial charge in [-0.25, -0.2) is 4.79 Å². The Bertz CT molecular complexity index is 1000. The lowest BCUT2D eigenvalue weighted by Crippen LogP contribution is -2.45. The summed E-state index contributed by atoms with van der Waals surface area (Å²) >= 11 is 0. The Morgan fingerprint density at radius 3 is 2.53 bits per heavy atom. The zero-order chi connectivity index (χ0) is 22.8. The summed E-state index contributed by atoms with van der Waals surface area (Å²) in [7, 11) is 1.61. The van der Waals surface area contributed by atoms with Crippen molar-refractivity contribution >= 4 is 17.5 Å². The molecule has 1 spiro atoms. The maximum Gasteiger partial charge on any atom is 0.430 e. The van der Waals surface area contributed by atoms with E-state index < -0.39 is 23.4 Å². The normalized spacial score (nSPS) is 18.1. The fourth-order valence-corrected chi connectivity index (χ4v) is 3.61. The molecular weight excluding hydrogens is 427 g/mol. The van der Waals surface area contributed by atoms with Gasteiger partial charge in [-0.05, 0) is 55.3 Å². The molecule has 0 saturated carbocycles. The lowest BCUT2D eigenvalue weighted by atomic mass is 9.91. The van der Waals surface area contributed by atoms with E-state index in [-0.39, 0.29) is 5.69 Å². The largest absolute Gasteiger partial charge is 0.497 e. The molecular formula is C22H22F3N3O4. The van der Waals surface area contributed by atoms with E-state index in [0.29, 0.717) is 25.9 Å². The van der Waals surface area contributed by atoms with Crippen molar-refractivity contribution in [3.8, 4) is 5.75 Å². The molecule has 2 aliphatic heterocycles. The molecule has 10 heteroatoms. The highest BCUT2D eigenvalue weighted by molar-refractivity contribution is 5.84. The summed E-state index contributed by atoms with van der Waals surface area (Å²) in [5, 5.41) is 3.94. The van der Waals surface area contributed by atoms with Crippen LogP contribution in [0.25, 0.3) is 5.70 Å². The van der Waals surface area contributed by atoms with Crippen LogP contribution in [-0.4, -0.2) is 37.0 Å². The second-order valence-electron chi connectivity index (χ2n) is 7.57. The van der Waals surface area contributed by atoms with Gasteiger partial charge < -0.3 is 9.57 Å². The number of ether oxygens (including phenoxy) is 1. The summed E-state index contributed by atoms with van der Waals surface area (Å²) in [5.41, 5.74) is 3.68. The fraction of sp³-hybridized carbons (Fsp3) is 0.318. The molecule has 2 N–H and O–H groups in total. The van der Waals surface area contributed by atoms with Gasteiger partial charge in [-0.15, -0.1) is 5.06 Å². The standard InChI is InChI=1S/C22H22F3N3O4/c1-30-18-4-2-3-15(13-18)19-14-21(32-27-19)9-11-28(12-10-21)31-20(29)26-17-7-5-16(6-8-17)22(23,24)25/h2-8,13-14,27H,9-12H2,1H3,(H,26,29). The van der Waals surface area contributed by atoms with Gasteiger partial charge >= 0.3 is 12.3 Å². The molecule has 170 valence electrons. The Morgan fingerprint density at radius 2 is 1.88 bits per heavy atom. The van der Waals surface area contributed by atoms with E-state index in [9.17, 15) is 18.0 Å². The van der Waals surface area contributed by atoms with Crippen LogP contribution in [0.15, 0.2) is 54.6 Å². The first-order chi connectivity index (χ1) is 15.3. The van der Waals surface area contributed by atoms with Crippen LogP contribution in [0.1, 0.15) is 24.0 Å². The van der Waals surface area contributed by atoms with Crippen LogP contribution in [-0.2, 0) is 15.9 Å². The Labute approximate surface area is 182 Å². The number of nitrogens with zero attached hydrogens (tertiary/aromatic N) is 1. The number of nitrogens with one attached hydrogen (secondary N) is 2. The molecule has 1 amide bonds. The molecule has 0 atom stereocenters. The van der Waals surface area contributed by atoms with E-state index in [1.165, 1.54) is 17.2 Å². The van der Waals surface area contributed by atoms with Crippen LogP contribution < -0.4 is 15.5 Å². The van der Waals surface area contributed by atoms with Gasteiger partial charge in [0.2, 0.25) is 0 Å². The van der Waals surface area contributed by atoms with Crippen LogP contribution in [0.3, 0.4) is 0 Å². The van der Waals surface area contributed by atoms with Crippen LogP contribution in [0.2, 0.25) is 0 Å². The lowest BCUT2D eigenvalue weighted by molar-refractivity contribution is -0.153. The molecule has 7 nitrogen and oxygen atoms in total. The predicted molar refractivity (Wildman–Crippen MR) is 110 cm³/mol. The average molecular weight is 449 g/mol. The Morgan fingerprint density at radius 1 is 1.16 bits per heavy atom. The number of carbonyl (C=O) groups excluding carboxylic acids is 1. The molecule has 4 rings (SSSR count). The Kier molecular flexibility index (Phi) is 5.98. The zero-order valence-electron chi connectivity index (χ0n) is 17.2. The van der Waals surface area contributed by atoms with Gasteiger partial charge in [0, 0.05) is 24.3 Å². The molecule has 1 saturated heterocycles. The number of anilines is 1. The number of hydrogen-bond acceptors (Lipinski definition) is 6. The third-order valence-electron chi connectivity index (χ3n) is 5.39. The van der Waals surface area contributed by atoms with Crippen molar-refractivity contribution in [2.75, 3.05) is 25.5 Å². The summed E-state index contributed by atoms with van der Waals surface area (Å²) in [6.45, 7) is 0.869. The number of carbonyl (C=O) groups is 1. The summed E-state index contributed by atoms with van der Waals surface area (Å²) < 4.78 is 43.1. The summed E-state index contributed by atoms with van der Waals surface area (Å²) in [5.74, 6) is 0.744. The van der Waals surface area contributed by atoms with Crippen molar-refractivity contribution in [2.24, 2.45) is 0 Å². The summed E-state index contributed by atoms with van der Waals surface area (Å²) in [6.07, 6.45) is -2.00. The zero-order valence-corrected chi connectivity index (χ0v) is 17.2. The quantitative estimate of drug-likeness (QED) is 0.712. The molecule has 1 fully saturated rings. The van der Waals surface area contributed by atoms with Gasteiger partial charge in [0.05, 0.1) is 18.4 Å². The number of amides is 1. The first-order valence-corrected chi connectivity index (χ1v) is 9.99. The topological polar surface area (TPSA) is 72.1 Å². The van der Waals surface area contributed by atoms with Gasteiger partial charge in [0.15, 0.2) is 0 Å². The molecule has 2 aliphatic rings. The van der Waals surface area contributed by atoms with Crippen molar-refractivity contribution in [3.05, 3.63) is 65.7 Å². The second-order valence-corrected chi connectivity index (χ2v) is 7.57. The predicted octanol–water partition coefficient (Wildman–Crippen LogP) is 4.59. The number of hydroxylamine groups is 3. The van der Waals surface area contributed by atoms with Gasteiger partial charge in [-0.2, -0.15) is 13.2 Å². The molecule has 0 bridgehead atoms. The van der Waals surface area contributed by atoms with Gasteiger partial charge in [-0.1, -0.05) is 12.1 Å². The van der Waals surface area contributed by atoms with Crippen molar-refractivity contribution in [1.29, 1.82) is 0 Å². The third kappa shape index (κ3) is 4.97. The number of halogens is 3. The first-order valence-electron chi connectivity index (χ1n) is 9.99.